The Balaban J connectivity index is 1.61. The third kappa shape index (κ3) is 3.29. The second-order valence-corrected chi connectivity index (χ2v) is 6.30. The molecule has 3 amide bonds. The van der Waals surface area contributed by atoms with E-state index in [9.17, 15) is 18.8 Å². The van der Waals surface area contributed by atoms with Gasteiger partial charge in [0.05, 0.1) is 6.04 Å². The molecule has 3 atom stereocenters. The molecule has 24 heavy (non-hydrogen) atoms. The Labute approximate surface area is 138 Å². The SMILES string of the molecule is O=C(O)C(F)ON1C(=O)N2C[C@@H]1CC[C@H]2C(=O)NC1CCNCC1. The smallest absolute Gasteiger partial charge is 0.368 e. The molecule has 0 radical (unpaired) electrons. The number of fused-ring (bicyclic) bond motifs is 2. The summed E-state index contributed by atoms with van der Waals surface area (Å²) in [6.45, 7) is 1.92. The molecule has 1 unspecified atom stereocenters. The summed E-state index contributed by atoms with van der Waals surface area (Å²) in [5, 5.41) is 15.5. The molecule has 0 spiro atoms. The van der Waals surface area contributed by atoms with Crippen molar-refractivity contribution in [2.75, 3.05) is 19.6 Å². The molecule has 9 nitrogen and oxygen atoms in total. The fourth-order valence-electron chi connectivity index (χ4n) is 3.45. The molecule has 10 heteroatoms. The minimum atomic E-state index is -2.60. The molecule has 3 N–H and O–H groups in total. The summed E-state index contributed by atoms with van der Waals surface area (Å²) in [5.41, 5.74) is 0. The summed E-state index contributed by atoms with van der Waals surface area (Å²) in [5.74, 6) is -2.01. The van der Waals surface area contributed by atoms with Crippen LogP contribution in [0, 0.1) is 0 Å². The Kier molecular flexibility index (Phi) is 4.86. The number of amides is 3. The van der Waals surface area contributed by atoms with Crippen molar-refractivity contribution in [3.8, 4) is 0 Å². The minimum Gasteiger partial charge on any atom is -0.477 e. The molecular weight excluding hydrogens is 323 g/mol. The minimum absolute atomic E-state index is 0.0868. The molecule has 3 fully saturated rings. The van der Waals surface area contributed by atoms with Crippen molar-refractivity contribution in [1.29, 1.82) is 0 Å². The molecule has 3 saturated heterocycles. The van der Waals surface area contributed by atoms with Crippen molar-refractivity contribution in [2.24, 2.45) is 0 Å². The highest BCUT2D eigenvalue weighted by Gasteiger charge is 2.49. The van der Waals surface area contributed by atoms with Crippen LogP contribution in [0.1, 0.15) is 25.7 Å². The van der Waals surface area contributed by atoms with E-state index in [0.717, 1.165) is 31.0 Å². The van der Waals surface area contributed by atoms with E-state index in [1.165, 1.54) is 4.90 Å². The van der Waals surface area contributed by atoms with Gasteiger partial charge in [-0.2, -0.15) is 5.06 Å². The van der Waals surface area contributed by atoms with Gasteiger partial charge in [0.25, 0.3) is 0 Å². The highest BCUT2D eigenvalue weighted by atomic mass is 19.1. The molecule has 0 aromatic rings. The van der Waals surface area contributed by atoms with Crippen LogP contribution in [0.25, 0.3) is 0 Å². The molecule has 0 aliphatic carbocycles. The first-order valence-corrected chi connectivity index (χ1v) is 8.12. The zero-order valence-corrected chi connectivity index (χ0v) is 13.1. The van der Waals surface area contributed by atoms with E-state index in [2.05, 4.69) is 15.5 Å². The van der Waals surface area contributed by atoms with Crippen LogP contribution in [0.5, 0.6) is 0 Å². The van der Waals surface area contributed by atoms with Gasteiger partial charge in [-0.25, -0.2) is 18.8 Å². The van der Waals surface area contributed by atoms with Crippen LogP contribution in [0.2, 0.25) is 0 Å². The molecule has 3 heterocycles. The van der Waals surface area contributed by atoms with Gasteiger partial charge < -0.3 is 20.6 Å². The van der Waals surface area contributed by atoms with Crippen LogP contribution >= 0.6 is 0 Å². The summed E-state index contributed by atoms with van der Waals surface area (Å²) < 4.78 is 13.3. The largest absolute Gasteiger partial charge is 0.477 e. The Hall–Kier alpha value is -1.94. The molecule has 0 aromatic heterocycles. The highest BCUT2D eigenvalue weighted by Crippen LogP contribution is 2.31. The highest BCUT2D eigenvalue weighted by molar-refractivity contribution is 5.88. The number of urea groups is 1. The number of hydroxylamine groups is 2. The number of piperidine rings is 2. The molecule has 134 valence electrons. The average Bonchev–Trinajstić information content (AvgIpc) is 2.80. The first-order chi connectivity index (χ1) is 11.5. The van der Waals surface area contributed by atoms with Crippen LogP contribution in [-0.2, 0) is 14.4 Å². The monoisotopic (exact) mass is 344 g/mol. The normalized spacial score (nSPS) is 28.8. The van der Waals surface area contributed by atoms with Crippen molar-refractivity contribution < 1.29 is 28.7 Å². The Morgan fingerprint density at radius 3 is 2.67 bits per heavy atom. The Morgan fingerprint density at radius 2 is 2.00 bits per heavy atom. The van der Waals surface area contributed by atoms with Gasteiger partial charge in [-0.05, 0) is 38.8 Å². The molecule has 2 bridgehead atoms. The lowest BCUT2D eigenvalue weighted by atomic mass is 9.99. The first kappa shape index (κ1) is 16.9. The molecular formula is C14H21FN4O5. The van der Waals surface area contributed by atoms with Gasteiger partial charge in [-0.3, -0.25) is 4.79 Å². The number of carboxylic acid groups (broad SMARTS) is 1. The van der Waals surface area contributed by atoms with Gasteiger partial charge in [0, 0.05) is 12.6 Å². The maximum atomic E-state index is 13.3. The van der Waals surface area contributed by atoms with Gasteiger partial charge in [0.15, 0.2) is 0 Å². The predicted octanol–water partition coefficient (Wildman–Crippen LogP) is -0.565. The predicted molar refractivity (Wildman–Crippen MR) is 78.4 cm³/mol. The maximum Gasteiger partial charge on any atom is 0.368 e. The van der Waals surface area contributed by atoms with E-state index >= 15 is 0 Å². The Morgan fingerprint density at radius 1 is 1.29 bits per heavy atom. The zero-order chi connectivity index (χ0) is 17.3. The second-order valence-electron chi connectivity index (χ2n) is 6.30. The van der Waals surface area contributed by atoms with Gasteiger partial charge in [0.1, 0.15) is 6.04 Å². The van der Waals surface area contributed by atoms with Gasteiger partial charge in [-0.1, -0.05) is 0 Å². The van der Waals surface area contributed by atoms with Gasteiger partial charge in [0.2, 0.25) is 5.91 Å². The van der Waals surface area contributed by atoms with Crippen molar-refractivity contribution >= 4 is 17.9 Å². The quantitative estimate of drug-likeness (QED) is 0.616. The standard InChI is InChI=1S/C14H21FN4O5/c15-11(13(21)22)24-19-9-1-2-10(18(7-9)14(19)23)12(20)17-8-3-5-16-6-4-8/h8-11,16H,1-7H2,(H,17,20)(H,21,22)/t9-,10-,11?/m0/s1. The van der Waals surface area contributed by atoms with Crippen LogP contribution in [-0.4, -0.2) is 77.1 Å². The number of nitrogens with one attached hydrogen (secondary N) is 2. The number of nitrogens with zero attached hydrogens (tertiary/aromatic N) is 2. The second kappa shape index (κ2) is 6.89. The molecule has 0 aromatic carbocycles. The number of carbonyl (C=O) groups is 3. The maximum absolute atomic E-state index is 13.3. The van der Waals surface area contributed by atoms with E-state index < -0.39 is 30.4 Å². The number of halogens is 1. The molecule has 0 saturated carbocycles. The summed E-state index contributed by atoms with van der Waals surface area (Å²) in [6.07, 6.45) is -0.0223. The Bertz CT molecular complexity index is 527. The lowest BCUT2D eigenvalue weighted by Gasteiger charge is -2.32. The number of aliphatic carboxylic acids is 1. The fourth-order valence-corrected chi connectivity index (χ4v) is 3.45. The van der Waals surface area contributed by atoms with E-state index in [-0.39, 0.29) is 18.5 Å². The molecule has 3 rings (SSSR count). The van der Waals surface area contributed by atoms with Crippen LogP contribution < -0.4 is 10.6 Å². The van der Waals surface area contributed by atoms with Gasteiger partial charge >= 0.3 is 18.4 Å². The fraction of sp³-hybridized carbons (Fsp3) is 0.786. The van der Waals surface area contributed by atoms with E-state index in [1.54, 1.807) is 0 Å². The van der Waals surface area contributed by atoms with Crippen LogP contribution in [0.4, 0.5) is 9.18 Å². The molecule has 3 aliphatic rings. The summed E-state index contributed by atoms with van der Waals surface area (Å²) in [7, 11) is 0. The van der Waals surface area contributed by atoms with Crippen molar-refractivity contribution in [3.05, 3.63) is 0 Å². The van der Waals surface area contributed by atoms with E-state index in [0.29, 0.717) is 12.8 Å². The number of hydrogen-bond acceptors (Lipinski definition) is 5. The number of carbonyl (C=O) groups excluding carboxylic acids is 2. The van der Waals surface area contributed by atoms with Crippen molar-refractivity contribution in [1.82, 2.24) is 20.6 Å². The van der Waals surface area contributed by atoms with E-state index in [1.807, 2.05) is 0 Å². The molecule has 3 aliphatic heterocycles. The van der Waals surface area contributed by atoms with Crippen molar-refractivity contribution in [2.45, 2.75) is 50.2 Å². The lowest BCUT2D eigenvalue weighted by molar-refractivity contribution is -0.223. The van der Waals surface area contributed by atoms with Crippen molar-refractivity contribution in [3.63, 3.8) is 0 Å². The lowest BCUT2D eigenvalue weighted by Crippen LogP contribution is -2.53. The number of carboxylic acids is 1. The first-order valence-electron chi connectivity index (χ1n) is 8.12. The third-order valence-corrected chi connectivity index (χ3v) is 4.71. The number of hydrogen-bond donors (Lipinski definition) is 3. The van der Waals surface area contributed by atoms with Crippen LogP contribution in [0.15, 0.2) is 0 Å². The summed E-state index contributed by atoms with van der Waals surface area (Å²) >= 11 is 0. The van der Waals surface area contributed by atoms with Crippen LogP contribution in [0.3, 0.4) is 0 Å². The summed E-state index contributed by atoms with van der Waals surface area (Å²) in [6, 6.07) is -1.63. The number of alkyl halides is 1. The number of rotatable bonds is 5. The topological polar surface area (TPSA) is 111 Å². The van der Waals surface area contributed by atoms with E-state index in [4.69, 9.17) is 5.11 Å². The average molecular weight is 344 g/mol. The third-order valence-electron chi connectivity index (χ3n) is 4.71. The zero-order valence-electron chi connectivity index (χ0n) is 13.1. The summed E-state index contributed by atoms with van der Waals surface area (Å²) in [4.78, 5) is 41.3. The van der Waals surface area contributed by atoms with Gasteiger partial charge in [-0.15, -0.1) is 0 Å².